The zero-order chi connectivity index (χ0) is 10.3. The second-order valence-electron chi connectivity index (χ2n) is 2.43. The summed E-state index contributed by atoms with van der Waals surface area (Å²) in [5.41, 5.74) is 4.82. The molecular weight excluding hydrogens is 289 g/mol. The zero-order valence-electron chi connectivity index (χ0n) is 6.92. The molecule has 0 aromatic carbocycles. The first-order chi connectivity index (χ1) is 6.07. The van der Waals surface area contributed by atoms with Crippen molar-refractivity contribution in [1.82, 2.24) is 8.85 Å². The summed E-state index contributed by atoms with van der Waals surface area (Å²) in [6.45, 7) is 0.400. The second-order valence-corrected chi connectivity index (χ2v) is 3.06. The molecule has 13 heavy (non-hydrogen) atoms. The van der Waals surface area contributed by atoms with Crippen molar-refractivity contribution in [2.45, 2.75) is 18.9 Å². The summed E-state index contributed by atoms with van der Waals surface area (Å²) in [6, 6.07) is -1.16. The Labute approximate surface area is 89.7 Å². The van der Waals surface area contributed by atoms with E-state index in [1.807, 2.05) is 0 Å². The first-order valence-electron chi connectivity index (χ1n) is 3.70. The molecule has 0 aromatic rings. The first-order valence-corrected chi connectivity index (χ1v) is 4.78. The molecule has 0 unspecified atom stereocenters. The SMILES string of the molecule is NC(=O)NCCC[C@@H](NI)C(=O)O. The summed E-state index contributed by atoms with van der Waals surface area (Å²) in [4.78, 5) is 20.7. The van der Waals surface area contributed by atoms with Crippen LogP contribution in [0.5, 0.6) is 0 Å². The number of amides is 2. The lowest BCUT2D eigenvalue weighted by molar-refractivity contribution is -0.138. The lowest BCUT2D eigenvalue weighted by Gasteiger charge is -2.09. The van der Waals surface area contributed by atoms with Gasteiger partial charge in [0.2, 0.25) is 0 Å². The van der Waals surface area contributed by atoms with Gasteiger partial charge in [0.1, 0.15) is 6.04 Å². The molecule has 0 aliphatic heterocycles. The number of urea groups is 1. The van der Waals surface area contributed by atoms with Crippen LogP contribution in [0.1, 0.15) is 12.8 Å². The van der Waals surface area contributed by atoms with E-state index in [2.05, 4.69) is 8.85 Å². The summed E-state index contributed by atoms with van der Waals surface area (Å²) in [7, 11) is 0. The average molecular weight is 301 g/mol. The molecule has 0 heterocycles. The maximum absolute atomic E-state index is 10.5. The Hall–Kier alpha value is -0.570. The number of rotatable bonds is 6. The normalized spacial score (nSPS) is 12.1. The van der Waals surface area contributed by atoms with Gasteiger partial charge in [0.05, 0.1) is 0 Å². The van der Waals surface area contributed by atoms with E-state index in [-0.39, 0.29) is 0 Å². The van der Waals surface area contributed by atoms with Crippen molar-refractivity contribution >= 4 is 34.9 Å². The van der Waals surface area contributed by atoms with Gasteiger partial charge in [-0.3, -0.25) is 4.79 Å². The van der Waals surface area contributed by atoms with Gasteiger partial charge < -0.3 is 16.2 Å². The molecular formula is C6H12IN3O3. The van der Waals surface area contributed by atoms with Crippen molar-refractivity contribution in [2.75, 3.05) is 6.54 Å². The van der Waals surface area contributed by atoms with Gasteiger partial charge in [0, 0.05) is 29.4 Å². The van der Waals surface area contributed by atoms with Gasteiger partial charge in [-0.1, -0.05) is 0 Å². The molecule has 0 aliphatic rings. The van der Waals surface area contributed by atoms with Crippen molar-refractivity contribution in [1.29, 1.82) is 0 Å². The van der Waals surface area contributed by atoms with E-state index in [4.69, 9.17) is 10.8 Å². The smallest absolute Gasteiger partial charge is 0.321 e. The maximum atomic E-state index is 10.5. The molecule has 0 aromatic heterocycles. The molecule has 76 valence electrons. The van der Waals surface area contributed by atoms with Crippen molar-refractivity contribution in [3.05, 3.63) is 0 Å². The minimum absolute atomic E-state index is 0.400. The zero-order valence-corrected chi connectivity index (χ0v) is 9.08. The summed E-state index contributed by atoms with van der Waals surface area (Å²) >= 11 is 1.79. The van der Waals surface area contributed by atoms with E-state index < -0.39 is 18.0 Å². The molecule has 0 bridgehead atoms. The predicted molar refractivity (Wildman–Crippen MR) is 55.4 cm³/mol. The van der Waals surface area contributed by atoms with Crippen LogP contribution >= 0.6 is 22.9 Å². The summed E-state index contributed by atoms with van der Waals surface area (Å²) in [5, 5.41) is 11.0. The third kappa shape index (κ3) is 6.58. The highest BCUT2D eigenvalue weighted by molar-refractivity contribution is 14.1. The van der Waals surface area contributed by atoms with Crippen molar-refractivity contribution < 1.29 is 14.7 Å². The summed E-state index contributed by atoms with van der Waals surface area (Å²) < 4.78 is 2.62. The van der Waals surface area contributed by atoms with Gasteiger partial charge in [-0.05, 0) is 12.8 Å². The van der Waals surface area contributed by atoms with Crippen LogP contribution in [0.2, 0.25) is 0 Å². The Kier molecular flexibility index (Phi) is 6.59. The Morgan fingerprint density at radius 1 is 1.54 bits per heavy atom. The largest absolute Gasteiger partial charge is 0.480 e. The number of nitrogens with one attached hydrogen (secondary N) is 2. The van der Waals surface area contributed by atoms with Gasteiger partial charge in [0.15, 0.2) is 0 Å². The number of nitrogens with two attached hydrogens (primary N) is 1. The van der Waals surface area contributed by atoms with E-state index in [0.717, 1.165) is 0 Å². The minimum Gasteiger partial charge on any atom is -0.480 e. The number of carbonyl (C=O) groups is 2. The van der Waals surface area contributed by atoms with Gasteiger partial charge in [0.25, 0.3) is 0 Å². The Bertz CT molecular complexity index is 188. The van der Waals surface area contributed by atoms with Crippen LogP contribution in [0.3, 0.4) is 0 Å². The number of halogens is 1. The molecule has 0 spiro atoms. The standard InChI is InChI=1S/C6H12IN3O3/c7-10-4(5(11)12)2-1-3-9-6(8)13/h4,10H,1-3H2,(H,11,12)(H3,8,9,13)/t4-/m1/s1. The third-order valence-corrected chi connectivity index (χ3v) is 2.15. The number of hydrogen-bond donors (Lipinski definition) is 4. The molecule has 0 saturated heterocycles. The molecule has 1 atom stereocenters. The minimum atomic E-state index is -0.895. The number of carboxylic acids is 1. The number of hydrogen-bond acceptors (Lipinski definition) is 3. The van der Waals surface area contributed by atoms with Crippen LogP contribution in [0.4, 0.5) is 4.79 Å². The first kappa shape index (κ1) is 12.4. The molecule has 0 aliphatic carbocycles. The van der Waals surface area contributed by atoms with Crippen molar-refractivity contribution in [3.8, 4) is 0 Å². The second kappa shape index (κ2) is 6.89. The predicted octanol–water partition coefficient (Wildman–Crippen LogP) is -0.172. The fourth-order valence-corrected chi connectivity index (χ4v) is 1.32. The fourth-order valence-electron chi connectivity index (χ4n) is 0.742. The average Bonchev–Trinajstić information content (AvgIpc) is 2.03. The van der Waals surface area contributed by atoms with Crippen LogP contribution in [0, 0.1) is 0 Å². The lowest BCUT2D eigenvalue weighted by atomic mass is 10.2. The van der Waals surface area contributed by atoms with Crippen LogP contribution in [0.15, 0.2) is 0 Å². The van der Waals surface area contributed by atoms with Gasteiger partial charge in [-0.2, -0.15) is 0 Å². The van der Waals surface area contributed by atoms with E-state index in [1.165, 1.54) is 0 Å². The Morgan fingerprint density at radius 2 is 2.15 bits per heavy atom. The number of primary amides is 1. The molecule has 0 rings (SSSR count). The maximum Gasteiger partial charge on any atom is 0.321 e. The number of carbonyl (C=O) groups excluding carboxylic acids is 1. The summed E-state index contributed by atoms with van der Waals surface area (Å²) in [5.74, 6) is -0.895. The van der Waals surface area contributed by atoms with Crippen LogP contribution in [0.25, 0.3) is 0 Å². The Balaban J connectivity index is 3.50. The van der Waals surface area contributed by atoms with Crippen molar-refractivity contribution in [2.24, 2.45) is 5.73 Å². The van der Waals surface area contributed by atoms with Gasteiger partial charge in [-0.15, -0.1) is 0 Å². The lowest BCUT2D eigenvalue weighted by Crippen LogP contribution is -2.33. The van der Waals surface area contributed by atoms with Gasteiger partial charge >= 0.3 is 12.0 Å². The molecule has 5 N–H and O–H groups in total. The van der Waals surface area contributed by atoms with E-state index in [9.17, 15) is 9.59 Å². The van der Waals surface area contributed by atoms with Crippen LogP contribution < -0.4 is 14.6 Å². The molecule has 2 amide bonds. The molecule has 7 heteroatoms. The van der Waals surface area contributed by atoms with Crippen LogP contribution in [-0.2, 0) is 4.79 Å². The van der Waals surface area contributed by atoms with E-state index in [0.29, 0.717) is 19.4 Å². The summed E-state index contributed by atoms with van der Waals surface area (Å²) in [6.07, 6.45) is 1.04. The highest BCUT2D eigenvalue weighted by atomic mass is 127. The molecule has 0 radical (unpaired) electrons. The Morgan fingerprint density at radius 3 is 2.54 bits per heavy atom. The number of carboxylic acid groups (broad SMARTS) is 1. The highest BCUT2D eigenvalue weighted by Crippen LogP contribution is 1.98. The topological polar surface area (TPSA) is 104 Å². The van der Waals surface area contributed by atoms with E-state index >= 15 is 0 Å². The van der Waals surface area contributed by atoms with Crippen molar-refractivity contribution in [3.63, 3.8) is 0 Å². The van der Waals surface area contributed by atoms with Crippen LogP contribution in [-0.4, -0.2) is 29.7 Å². The fraction of sp³-hybridized carbons (Fsp3) is 0.667. The molecule has 6 nitrogen and oxygen atoms in total. The molecule has 0 saturated carbocycles. The van der Waals surface area contributed by atoms with Gasteiger partial charge in [-0.25, -0.2) is 8.32 Å². The molecule has 0 fully saturated rings. The quantitative estimate of drug-likeness (QED) is 0.310. The third-order valence-electron chi connectivity index (χ3n) is 1.40. The number of aliphatic carboxylic acids is 1. The monoisotopic (exact) mass is 301 g/mol. The van der Waals surface area contributed by atoms with E-state index in [1.54, 1.807) is 22.9 Å². The highest BCUT2D eigenvalue weighted by Gasteiger charge is 2.14.